The van der Waals surface area contributed by atoms with Crippen LogP contribution in [0.3, 0.4) is 0 Å². The fourth-order valence-electron chi connectivity index (χ4n) is 5.96. The first-order chi connectivity index (χ1) is 21.5. The van der Waals surface area contributed by atoms with Gasteiger partial charge in [0.05, 0.1) is 25.4 Å². The highest BCUT2D eigenvalue weighted by atomic mass is 31.2. The van der Waals surface area contributed by atoms with E-state index < -0.39 is 7.29 Å². The third-order valence-corrected chi connectivity index (χ3v) is 11.5. The van der Waals surface area contributed by atoms with Crippen molar-refractivity contribution in [1.29, 1.82) is 0 Å². The third-order valence-electron chi connectivity index (χ3n) is 8.33. The Morgan fingerprint density at radius 1 is 0.841 bits per heavy atom. The van der Waals surface area contributed by atoms with Crippen LogP contribution >= 0.6 is 7.29 Å². The molecule has 1 saturated heterocycles. The van der Waals surface area contributed by atoms with Crippen molar-refractivity contribution in [3.63, 3.8) is 0 Å². The average molecular weight is 602 g/mol. The molecule has 220 valence electrons. The summed E-state index contributed by atoms with van der Waals surface area (Å²) in [6, 6.07) is 27.8. The lowest BCUT2D eigenvalue weighted by molar-refractivity contribution is 0.356. The summed E-state index contributed by atoms with van der Waals surface area (Å²) in [6.45, 7) is 0.798. The lowest BCUT2D eigenvalue weighted by atomic mass is 10.0. The third kappa shape index (κ3) is 4.96. The first kappa shape index (κ1) is 28.0. The van der Waals surface area contributed by atoms with E-state index in [1.165, 1.54) is 0 Å². The summed E-state index contributed by atoms with van der Waals surface area (Å²) in [6.07, 6.45) is 7.13. The summed E-state index contributed by atoms with van der Waals surface area (Å²) < 4.78 is 27.8. The van der Waals surface area contributed by atoms with E-state index in [9.17, 15) is 4.57 Å². The van der Waals surface area contributed by atoms with E-state index >= 15 is 0 Å². The van der Waals surface area contributed by atoms with Gasteiger partial charge in [0, 0.05) is 64.2 Å². The Bertz CT molecular complexity index is 1990. The van der Waals surface area contributed by atoms with Crippen molar-refractivity contribution in [2.45, 2.75) is 18.9 Å². The predicted octanol–water partition coefficient (Wildman–Crippen LogP) is 5.99. The monoisotopic (exact) mass is 601 g/mol. The molecule has 2 N–H and O–H groups in total. The fourth-order valence-corrected chi connectivity index (χ4v) is 9.00. The van der Waals surface area contributed by atoms with Gasteiger partial charge in [-0.05, 0) is 66.3 Å². The van der Waals surface area contributed by atoms with E-state index in [1.54, 1.807) is 20.4 Å². The Hall–Kier alpha value is -4.78. The Morgan fingerprint density at radius 3 is 2.20 bits per heavy atom. The Balaban J connectivity index is 1.16. The molecule has 0 bridgehead atoms. The predicted molar refractivity (Wildman–Crippen MR) is 176 cm³/mol. The Morgan fingerprint density at radius 2 is 1.52 bits per heavy atom. The first-order valence-electron chi connectivity index (χ1n) is 14.5. The number of rotatable bonds is 9. The van der Waals surface area contributed by atoms with Crippen molar-refractivity contribution in [3.05, 3.63) is 109 Å². The Kier molecular flexibility index (Phi) is 7.24. The number of aryl methyl sites for hydroxylation is 1. The van der Waals surface area contributed by atoms with Crippen molar-refractivity contribution in [1.82, 2.24) is 19.6 Å². The van der Waals surface area contributed by atoms with Gasteiger partial charge in [-0.15, -0.1) is 0 Å². The molecule has 8 nitrogen and oxygen atoms in total. The van der Waals surface area contributed by atoms with Gasteiger partial charge in [0.1, 0.15) is 5.82 Å². The average Bonchev–Trinajstić information content (AvgIpc) is 3.87. The molecule has 2 unspecified atom stereocenters. The zero-order valence-corrected chi connectivity index (χ0v) is 25.4. The summed E-state index contributed by atoms with van der Waals surface area (Å²) in [4.78, 5) is 13.8. The van der Waals surface area contributed by atoms with Crippen molar-refractivity contribution >= 4 is 45.4 Å². The summed E-state index contributed by atoms with van der Waals surface area (Å²) in [5.41, 5.74) is 9.93. The molecular weight excluding hydrogens is 569 g/mol. The molecule has 1 fully saturated rings. The van der Waals surface area contributed by atoms with E-state index in [4.69, 9.17) is 20.2 Å². The van der Waals surface area contributed by atoms with Crippen LogP contribution in [0.1, 0.15) is 12.0 Å². The van der Waals surface area contributed by atoms with Crippen molar-refractivity contribution < 1.29 is 14.0 Å². The number of methoxy groups -OCH3 is 2. The summed E-state index contributed by atoms with van der Waals surface area (Å²) in [5.74, 6) is 1.63. The zero-order chi connectivity index (χ0) is 30.3. The van der Waals surface area contributed by atoms with Crippen molar-refractivity contribution in [2.24, 2.45) is 0 Å². The number of ether oxygens (including phenoxy) is 2. The molecule has 1 aliphatic rings. The van der Waals surface area contributed by atoms with Crippen LogP contribution < -0.4 is 25.8 Å². The number of nitrogen functional groups attached to an aromatic ring is 1. The highest BCUT2D eigenvalue weighted by Crippen LogP contribution is 2.55. The zero-order valence-electron chi connectivity index (χ0n) is 24.6. The normalized spacial score (nSPS) is 16.2. The minimum atomic E-state index is -2.91. The van der Waals surface area contributed by atoms with E-state index in [-0.39, 0.29) is 6.04 Å². The lowest BCUT2D eigenvalue weighted by Gasteiger charge is -2.21. The molecule has 0 saturated carbocycles. The van der Waals surface area contributed by atoms with Gasteiger partial charge in [-0.2, -0.15) is 0 Å². The molecule has 44 heavy (non-hydrogen) atoms. The highest BCUT2D eigenvalue weighted by molar-refractivity contribution is 7.76. The second kappa shape index (κ2) is 11.4. The second-order valence-corrected chi connectivity index (χ2v) is 13.7. The number of hydrogen-bond acceptors (Lipinski definition) is 7. The van der Waals surface area contributed by atoms with E-state index in [2.05, 4.69) is 20.7 Å². The number of aromatic nitrogens is 3. The molecule has 0 amide bonds. The van der Waals surface area contributed by atoms with Crippen LogP contribution in [0, 0.1) is 0 Å². The topological polar surface area (TPSA) is 103 Å². The minimum Gasteiger partial charge on any atom is -0.493 e. The van der Waals surface area contributed by atoms with Gasteiger partial charge < -0.3 is 15.2 Å². The summed E-state index contributed by atoms with van der Waals surface area (Å²) in [7, 11) is 0.314. The van der Waals surface area contributed by atoms with Crippen LogP contribution in [-0.2, 0) is 11.0 Å². The van der Waals surface area contributed by atoms with Gasteiger partial charge in [0.2, 0.25) is 7.29 Å². The highest BCUT2D eigenvalue weighted by Gasteiger charge is 2.48. The van der Waals surface area contributed by atoms with Gasteiger partial charge in [-0.1, -0.05) is 36.4 Å². The van der Waals surface area contributed by atoms with E-state index in [1.807, 2.05) is 91.3 Å². The van der Waals surface area contributed by atoms with Crippen molar-refractivity contribution in [2.75, 3.05) is 26.5 Å². The molecule has 4 heterocycles. The van der Waals surface area contributed by atoms with Gasteiger partial charge in [-0.3, -0.25) is 14.5 Å². The Labute approximate surface area is 255 Å². The van der Waals surface area contributed by atoms with Gasteiger partial charge in [0.25, 0.3) is 0 Å². The molecule has 0 radical (unpaired) electrons. The SMILES string of the molecule is COc1cc2ncc3c(N)nc(-c4cncc(CCC5CN5P(=O)(c5ccccc5)c5ccccc5)c4)cc3c2cc1OC. The maximum Gasteiger partial charge on any atom is 0.207 e. The molecule has 3 aromatic heterocycles. The van der Waals surface area contributed by atoms with Crippen LogP contribution in [0.2, 0.25) is 0 Å². The quantitative estimate of drug-likeness (QED) is 0.123. The molecule has 3 aromatic carbocycles. The van der Waals surface area contributed by atoms with Crippen LogP contribution in [0.15, 0.2) is 104 Å². The molecule has 9 heteroatoms. The fraction of sp³-hybridized carbons (Fsp3) is 0.171. The lowest BCUT2D eigenvalue weighted by Crippen LogP contribution is -2.22. The van der Waals surface area contributed by atoms with Gasteiger partial charge in [0.15, 0.2) is 11.5 Å². The number of nitrogens with zero attached hydrogens (tertiary/aromatic N) is 4. The van der Waals surface area contributed by atoms with Crippen LogP contribution in [0.4, 0.5) is 5.82 Å². The maximum atomic E-state index is 14.6. The largest absolute Gasteiger partial charge is 0.493 e. The molecule has 7 rings (SSSR count). The smallest absolute Gasteiger partial charge is 0.207 e. The first-order valence-corrected chi connectivity index (χ1v) is 16.2. The number of nitrogens with two attached hydrogens (primary N) is 1. The number of anilines is 1. The number of fused-ring (bicyclic) bond motifs is 3. The van der Waals surface area contributed by atoms with Crippen LogP contribution in [0.25, 0.3) is 32.9 Å². The number of benzene rings is 3. The standard InChI is InChI=1S/C35H32N5O3P/c1-42-33-17-29-28-16-31(39-35(36)30(28)21-38-32(29)18-34(33)43-2)24-15-23(19-37-20-24)13-14-25-22-40(25)44(41,26-9-5-3-6-10-26)27-11-7-4-8-12-27/h3-12,15-21,25H,13-14,22H2,1-2H3,(H2,36,39). The molecule has 0 aliphatic carbocycles. The van der Waals surface area contributed by atoms with Crippen molar-refractivity contribution in [3.8, 4) is 22.8 Å². The van der Waals surface area contributed by atoms with Crippen LogP contribution in [-0.4, -0.2) is 46.4 Å². The van der Waals surface area contributed by atoms with E-state index in [0.29, 0.717) is 17.3 Å². The summed E-state index contributed by atoms with van der Waals surface area (Å²) in [5, 5.41) is 4.34. The number of hydrogen-bond donors (Lipinski definition) is 1. The molecule has 2 atom stereocenters. The van der Waals surface area contributed by atoms with E-state index in [0.717, 1.165) is 68.5 Å². The second-order valence-electron chi connectivity index (χ2n) is 11.0. The van der Waals surface area contributed by atoms with Gasteiger partial charge >= 0.3 is 0 Å². The van der Waals surface area contributed by atoms with Crippen LogP contribution in [0.5, 0.6) is 11.5 Å². The molecule has 0 spiro atoms. The molecule has 1 aliphatic heterocycles. The van der Waals surface area contributed by atoms with Gasteiger partial charge in [-0.25, -0.2) is 9.65 Å². The number of pyridine rings is 3. The maximum absolute atomic E-state index is 14.6. The summed E-state index contributed by atoms with van der Waals surface area (Å²) >= 11 is 0. The molecular formula is C35H32N5O3P. The molecule has 6 aromatic rings. The minimum absolute atomic E-state index is 0.227.